The maximum absolute atomic E-state index is 5.54. The van der Waals surface area contributed by atoms with Crippen LogP contribution < -0.4 is 11.1 Å². The van der Waals surface area contributed by atoms with Crippen LogP contribution in [0.15, 0.2) is 36.9 Å². The monoisotopic (exact) mass is 213 g/mol. The van der Waals surface area contributed by atoms with Gasteiger partial charge in [0.25, 0.3) is 0 Å². The van der Waals surface area contributed by atoms with Crippen molar-refractivity contribution in [2.45, 2.75) is 0 Å². The Morgan fingerprint density at radius 3 is 2.56 bits per heavy atom. The summed E-state index contributed by atoms with van der Waals surface area (Å²) in [4.78, 5) is 12.0. The summed E-state index contributed by atoms with van der Waals surface area (Å²) in [5, 5.41) is 3.03. The lowest BCUT2D eigenvalue weighted by Crippen LogP contribution is -2.04. The van der Waals surface area contributed by atoms with Crippen molar-refractivity contribution in [2.75, 3.05) is 11.1 Å². The molecule has 0 unspecified atom stereocenters. The van der Waals surface area contributed by atoms with E-state index in [1.165, 1.54) is 6.08 Å². The van der Waals surface area contributed by atoms with Crippen LogP contribution in [0.25, 0.3) is 6.08 Å². The molecule has 1 aromatic carbocycles. The highest BCUT2D eigenvalue weighted by atomic mass is 15.2. The summed E-state index contributed by atoms with van der Waals surface area (Å²) in [5.74, 6) is 1.03. The number of hydrogen-bond donors (Lipinski definition) is 2. The molecule has 0 saturated carbocycles. The second-order valence-electron chi connectivity index (χ2n) is 3.07. The second-order valence-corrected chi connectivity index (χ2v) is 3.07. The first-order chi connectivity index (χ1) is 7.78. The molecule has 5 nitrogen and oxygen atoms in total. The predicted molar refractivity (Wildman–Crippen MR) is 64.1 cm³/mol. The van der Waals surface area contributed by atoms with E-state index in [4.69, 9.17) is 5.73 Å². The Morgan fingerprint density at radius 1 is 1.12 bits per heavy atom. The number of nitrogen functional groups attached to an aromatic ring is 1. The van der Waals surface area contributed by atoms with Gasteiger partial charge in [-0.1, -0.05) is 24.8 Å². The van der Waals surface area contributed by atoms with Gasteiger partial charge in [-0.05, 0) is 18.2 Å². The number of rotatable bonds is 3. The van der Waals surface area contributed by atoms with Crippen LogP contribution in [0.1, 0.15) is 5.82 Å². The Hall–Kier alpha value is -2.43. The molecule has 0 atom stereocenters. The van der Waals surface area contributed by atoms with Crippen LogP contribution in [-0.4, -0.2) is 15.0 Å². The van der Waals surface area contributed by atoms with Crippen LogP contribution >= 0.6 is 0 Å². The number of nitrogens with zero attached hydrogens (tertiary/aromatic N) is 3. The van der Waals surface area contributed by atoms with Gasteiger partial charge in [-0.15, -0.1) is 0 Å². The number of nitrogens with one attached hydrogen (secondary N) is 1. The summed E-state index contributed by atoms with van der Waals surface area (Å²) in [7, 11) is 0. The SMILES string of the molecule is C=Cc1nc(N)nc(Nc2ccccc2)n1. The van der Waals surface area contributed by atoms with Crippen molar-refractivity contribution < 1.29 is 0 Å². The van der Waals surface area contributed by atoms with Gasteiger partial charge < -0.3 is 11.1 Å². The fourth-order valence-corrected chi connectivity index (χ4v) is 1.21. The van der Waals surface area contributed by atoms with E-state index in [1.54, 1.807) is 0 Å². The minimum atomic E-state index is 0.170. The molecule has 0 spiro atoms. The lowest BCUT2D eigenvalue weighted by atomic mass is 10.3. The van der Waals surface area contributed by atoms with Crippen molar-refractivity contribution in [1.82, 2.24) is 15.0 Å². The van der Waals surface area contributed by atoms with E-state index in [0.717, 1.165) is 5.69 Å². The van der Waals surface area contributed by atoms with Gasteiger partial charge in [-0.25, -0.2) is 0 Å². The molecular weight excluding hydrogens is 202 g/mol. The molecule has 1 heterocycles. The molecule has 2 rings (SSSR count). The minimum absolute atomic E-state index is 0.170. The largest absolute Gasteiger partial charge is 0.368 e. The molecule has 0 aliphatic rings. The van der Waals surface area contributed by atoms with Gasteiger partial charge >= 0.3 is 0 Å². The van der Waals surface area contributed by atoms with Crippen LogP contribution in [0.5, 0.6) is 0 Å². The number of para-hydroxylation sites is 1. The van der Waals surface area contributed by atoms with E-state index in [-0.39, 0.29) is 5.95 Å². The van der Waals surface area contributed by atoms with Gasteiger partial charge in [0.15, 0.2) is 5.82 Å². The van der Waals surface area contributed by atoms with Gasteiger partial charge in [0.05, 0.1) is 0 Å². The molecule has 0 bridgehead atoms. The third-order valence-corrected chi connectivity index (χ3v) is 1.88. The molecule has 0 radical (unpaired) electrons. The summed E-state index contributed by atoms with van der Waals surface area (Å²) in [6.07, 6.45) is 1.52. The molecule has 3 N–H and O–H groups in total. The summed E-state index contributed by atoms with van der Waals surface area (Å²) in [6, 6.07) is 9.59. The van der Waals surface area contributed by atoms with E-state index in [2.05, 4.69) is 26.8 Å². The summed E-state index contributed by atoms with van der Waals surface area (Å²) >= 11 is 0. The molecule has 0 aliphatic heterocycles. The van der Waals surface area contributed by atoms with Crippen LogP contribution in [0, 0.1) is 0 Å². The van der Waals surface area contributed by atoms with Crippen molar-refractivity contribution in [3.05, 3.63) is 42.7 Å². The normalized spacial score (nSPS) is 9.75. The lowest BCUT2D eigenvalue weighted by Gasteiger charge is -2.05. The molecule has 80 valence electrons. The summed E-state index contributed by atoms with van der Waals surface area (Å²) in [6.45, 7) is 3.58. The molecule has 5 heteroatoms. The maximum atomic E-state index is 5.54. The van der Waals surface area contributed by atoms with Crippen molar-refractivity contribution in [2.24, 2.45) is 0 Å². The zero-order chi connectivity index (χ0) is 11.4. The summed E-state index contributed by atoms with van der Waals surface area (Å²) in [5.41, 5.74) is 6.43. The van der Waals surface area contributed by atoms with Crippen LogP contribution in [0.4, 0.5) is 17.6 Å². The number of anilines is 3. The average molecular weight is 213 g/mol. The summed E-state index contributed by atoms with van der Waals surface area (Å²) < 4.78 is 0. The fourth-order valence-electron chi connectivity index (χ4n) is 1.21. The molecule has 1 aromatic heterocycles. The van der Waals surface area contributed by atoms with Crippen LogP contribution in [0.3, 0.4) is 0 Å². The molecule has 2 aromatic rings. The Bertz CT molecular complexity index is 495. The predicted octanol–water partition coefficient (Wildman–Crippen LogP) is 1.84. The maximum Gasteiger partial charge on any atom is 0.232 e. The van der Waals surface area contributed by atoms with E-state index >= 15 is 0 Å². The Kier molecular flexibility index (Phi) is 2.77. The van der Waals surface area contributed by atoms with Gasteiger partial charge in [0.2, 0.25) is 11.9 Å². The van der Waals surface area contributed by atoms with Gasteiger partial charge in [-0.3, -0.25) is 0 Å². The Labute approximate surface area is 93.1 Å². The number of hydrogen-bond acceptors (Lipinski definition) is 5. The Balaban J connectivity index is 2.28. The van der Waals surface area contributed by atoms with Gasteiger partial charge in [0, 0.05) is 5.69 Å². The van der Waals surface area contributed by atoms with Crippen LogP contribution in [-0.2, 0) is 0 Å². The zero-order valence-corrected chi connectivity index (χ0v) is 8.59. The minimum Gasteiger partial charge on any atom is -0.368 e. The first-order valence-corrected chi connectivity index (χ1v) is 4.74. The zero-order valence-electron chi connectivity index (χ0n) is 8.59. The van der Waals surface area contributed by atoms with E-state index in [9.17, 15) is 0 Å². The third-order valence-electron chi connectivity index (χ3n) is 1.88. The fraction of sp³-hybridized carbons (Fsp3) is 0. The van der Waals surface area contributed by atoms with Gasteiger partial charge in [-0.2, -0.15) is 15.0 Å². The quantitative estimate of drug-likeness (QED) is 0.813. The smallest absolute Gasteiger partial charge is 0.232 e. The highest BCUT2D eigenvalue weighted by molar-refractivity contribution is 5.54. The molecule has 16 heavy (non-hydrogen) atoms. The van der Waals surface area contributed by atoms with Crippen LogP contribution in [0.2, 0.25) is 0 Å². The van der Waals surface area contributed by atoms with Crippen molar-refractivity contribution >= 4 is 23.7 Å². The van der Waals surface area contributed by atoms with Crippen molar-refractivity contribution in [3.8, 4) is 0 Å². The lowest BCUT2D eigenvalue weighted by molar-refractivity contribution is 1.05. The van der Waals surface area contributed by atoms with Crippen molar-refractivity contribution in [3.63, 3.8) is 0 Å². The third kappa shape index (κ3) is 2.33. The number of benzene rings is 1. The van der Waals surface area contributed by atoms with Crippen molar-refractivity contribution in [1.29, 1.82) is 0 Å². The first-order valence-electron chi connectivity index (χ1n) is 4.74. The van der Waals surface area contributed by atoms with E-state index in [1.807, 2.05) is 30.3 Å². The standard InChI is InChI=1S/C11H11N5/c1-2-9-14-10(12)16-11(15-9)13-8-6-4-3-5-7-8/h2-7H,1H2,(H3,12,13,14,15,16). The Morgan fingerprint density at radius 2 is 1.88 bits per heavy atom. The molecular formula is C11H11N5. The molecule has 0 aliphatic carbocycles. The van der Waals surface area contributed by atoms with E-state index < -0.39 is 0 Å². The topological polar surface area (TPSA) is 76.7 Å². The molecule has 0 saturated heterocycles. The number of aromatic nitrogens is 3. The highest BCUT2D eigenvalue weighted by Crippen LogP contribution is 2.12. The van der Waals surface area contributed by atoms with E-state index in [0.29, 0.717) is 11.8 Å². The number of nitrogens with two attached hydrogens (primary N) is 1. The molecule has 0 amide bonds. The first kappa shape index (κ1) is 10.1. The van der Waals surface area contributed by atoms with Gasteiger partial charge in [0.1, 0.15) is 0 Å². The second kappa shape index (κ2) is 4.39. The highest BCUT2D eigenvalue weighted by Gasteiger charge is 2.01. The average Bonchev–Trinajstić information content (AvgIpc) is 2.29. The molecule has 0 fully saturated rings.